The van der Waals surface area contributed by atoms with E-state index >= 15 is 0 Å². The fourth-order valence-corrected chi connectivity index (χ4v) is 4.86. The van der Waals surface area contributed by atoms with E-state index in [4.69, 9.17) is 4.74 Å². The fourth-order valence-electron chi connectivity index (χ4n) is 4.39. The molecule has 1 aliphatic rings. The van der Waals surface area contributed by atoms with Gasteiger partial charge >= 0.3 is 12.1 Å². The molecule has 1 saturated heterocycles. The lowest BCUT2D eigenvalue weighted by Gasteiger charge is -2.34. The molecule has 1 atom stereocenters. The molecule has 1 fully saturated rings. The van der Waals surface area contributed by atoms with Gasteiger partial charge in [0.2, 0.25) is 0 Å². The first-order valence-corrected chi connectivity index (χ1v) is 14.4. The van der Waals surface area contributed by atoms with Gasteiger partial charge in [0, 0.05) is 38.3 Å². The first-order chi connectivity index (χ1) is 18.2. The van der Waals surface area contributed by atoms with Crippen molar-refractivity contribution in [3.05, 3.63) is 59.2 Å². The van der Waals surface area contributed by atoms with Crippen molar-refractivity contribution in [2.24, 2.45) is 5.92 Å². The Bertz CT molecular complexity index is 1120. The van der Waals surface area contributed by atoms with Gasteiger partial charge in [-0.2, -0.15) is 11.8 Å². The lowest BCUT2D eigenvalue weighted by atomic mass is 9.93. The number of carbonyl (C=O) groups is 3. The summed E-state index contributed by atoms with van der Waals surface area (Å²) in [6.07, 6.45) is 2.01. The van der Waals surface area contributed by atoms with Crippen molar-refractivity contribution in [3.8, 4) is 11.1 Å². The summed E-state index contributed by atoms with van der Waals surface area (Å²) >= 11 is 1.55. The maximum atomic E-state index is 13.3. The molecule has 1 heterocycles. The summed E-state index contributed by atoms with van der Waals surface area (Å²) in [5.41, 5.74) is 4.25. The summed E-state index contributed by atoms with van der Waals surface area (Å²) in [5.74, 6) is -0.479. The van der Waals surface area contributed by atoms with Gasteiger partial charge in [-0.1, -0.05) is 44.2 Å². The van der Waals surface area contributed by atoms with Crippen molar-refractivity contribution >= 4 is 29.7 Å². The Labute approximate surface area is 229 Å². The molecule has 0 radical (unpaired) electrons. The summed E-state index contributed by atoms with van der Waals surface area (Å²) in [7, 11) is 0. The molecule has 0 bridgehead atoms. The number of aliphatic carboxylic acids is 1. The quantitative estimate of drug-likeness (QED) is 0.432. The second-order valence-electron chi connectivity index (χ2n) is 10.1. The Morgan fingerprint density at radius 2 is 1.76 bits per heavy atom. The van der Waals surface area contributed by atoms with Crippen molar-refractivity contribution in [2.75, 3.05) is 44.8 Å². The van der Waals surface area contributed by atoms with E-state index in [1.807, 2.05) is 63.4 Å². The van der Waals surface area contributed by atoms with Crippen LogP contribution in [0.1, 0.15) is 41.8 Å². The van der Waals surface area contributed by atoms with Gasteiger partial charge in [-0.15, -0.1) is 0 Å². The van der Waals surface area contributed by atoms with Gasteiger partial charge < -0.3 is 20.1 Å². The van der Waals surface area contributed by atoms with Crippen LogP contribution in [0, 0.1) is 12.8 Å². The zero-order valence-corrected chi connectivity index (χ0v) is 23.6. The van der Waals surface area contributed by atoms with Crippen LogP contribution in [0.15, 0.2) is 42.5 Å². The topological polar surface area (TPSA) is 99.2 Å². The van der Waals surface area contributed by atoms with Gasteiger partial charge in [-0.3, -0.25) is 9.69 Å². The minimum atomic E-state index is -1.03. The van der Waals surface area contributed by atoms with Crippen molar-refractivity contribution in [3.63, 3.8) is 0 Å². The van der Waals surface area contributed by atoms with E-state index in [1.54, 1.807) is 22.7 Å². The molecule has 2 amide bonds. The number of ether oxygens (including phenoxy) is 1. The molecule has 2 N–H and O–H groups in total. The number of aryl methyl sites for hydroxylation is 1. The Morgan fingerprint density at radius 3 is 2.39 bits per heavy atom. The molecule has 0 aliphatic carbocycles. The normalized spacial score (nSPS) is 14.8. The van der Waals surface area contributed by atoms with E-state index in [-0.39, 0.29) is 6.09 Å². The molecule has 1 aliphatic heterocycles. The van der Waals surface area contributed by atoms with Gasteiger partial charge in [0.25, 0.3) is 5.91 Å². The van der Waals surface area contributed by atoms with Crippen LogP contribution in [0.4, 0.5) is 4.79 Å². The summed E-state index contributed by atoms with van der Waals surface area (Å²) in [4.78, 5) is 41.3. The van der Waals surface area contributed by atoms with E-state index in [9.17, 15) is 19.5 Å². The van der Waals surface area contributed by atoms with E-state index in [2.05, 4.69) is 10.2 Å². The highest BCUT2D eigenvalue weighted by atomic mass is 32.2. The molecule has 2 aromatic rings. The number of carboxylic acids is 1. The van der Waals surface area contributed by atoms with Crippen molar-refractivity contribution < 1.29 is 24.2 Å². The third-order valence-electron chi connectivity index (χ3n) is 6.55. The number of carbonyl (C=O) groups excluding carboxylic acids is 2. The average Bonchev–Trinajstić information content (AvgIpc) is 2.90. The van der Waals surface area contributed by atoms with Crippen LogP contribution < -0.4 is 5.32 Å². The monoisotopic (exact) mass is 541 g/mol. The first-order valence-electron chi connectivity index (χ1n) is 13.0. The molecule has 0 aromatic heterocycles. The molecule has 38 heavy (non-hydrogen) atoms. The third-order valence-corrected chi connectivity index (χ3v) is 7.20. The zero-order valence-electron chi connectivity index (χ0n) is 22.7. The summed E-state index contributed by atoms with van der Waals surface area (Å²) in [6.45, 7) is 9.81. The predicted molar refractivity (Wildman–Crippen MR) is 152 cm³/mol. The Kier molecular flexibility index (Phi) is 11.0. The number of piperazine rings is 1. The van der Waals surface area contributed by atoms with Crippen LogP contribution in [-0.2, 0) is 16.1 Å². The maximum Gasteiger partial charge on any atom is 0.409 e. The van der Waals surface area contributed by atoms with Crippen molar-refractivity contribution in [2.45, 2.75) is 39.8 Å². The number of hydrogen-bond donors (Lipinski definition) is 2. The smallest absolute Gasteiger partial charge is 0.409 e. The molecule has 3 rings (SSSR count). The number of amides is 2. The minimum Gasteiger partial charge on any atom is -0.480 e. The van der Waals surface area contributed by atoms with Crippen molar-refractivity contribution in [1.82, 2.24) is 15.1 Å². The Hall–Kier alpha value is -3.04. The molecule has 9 heteroatoms. The number of carboxylic acid groups (broad SMARTS) is 1. The van der Waals surface area contributed by atoms with Crippen LogP contribution in [0.3, 0.4) is 0 Å². The number of nitrogens with zero attached hydrogens (tertiary/aromatic N) is 2. The van der Waals surface area contributed by atoms with Crippen molar-refractivity contribution in [1.29, 1.82) is 0 Å². The molecule has 0 saturated carbocycles. The number of thioether (sulfide) groups is 1. The third kappa shape index (κ3) is 8.23. The summed E-state index contributed by atoms with van der Waals surface area (Å²) in [6, 6.07) is 12.7. The van der Waals surface area contributed by atoms with Crippen LogP contribution >= 0.6 is 11.8 Å². The first kappa shape index (κ1) is 29.5. The highest BCUT2D eigenvalue weighted by Gasteiger charge is 2.25. The van der Waals surface area contributed by atoms with Crippen LogP contribution in [0.25, 0.3) is 11.1 Å². The molecule has 206 valence electrons. The largest absolute Gasteiger partial charge is 0.480 e. The lowest BCUT2D eigenvalue weighted by molar-refractivity contribution is -0.139. The fraction of sp³-hybridized carbons (Fsp3) is 0.483. The van der Waals surface area contributed by atoms with E-state index in [0.29, 0.717) is 49.9 Å². The van der Waals surface area contributed by atoms with Gasteiger partial charge in [0.15, 0.2) is 0 Å². The van der Waals surface area contributed by atoms with Gasteiger partial charge in [-0.05, 0) is 65.7 Å². The van der Waals surface area contributed by atoms with Gasteiger partial charge in [0.05, 0.1) is 6.61 Å². The number of hydrogen-bond acceptors (Lipinski definition) is 6. The van der Waals surface area contributed by atoms with Gasteiger partial charge in [0.1, 0.15) is 6.04 Å². The van der Waals surface area contributed by atoms with Gasteiger partial charge in [-0.25, -0.2) is 9.59 Å². The van der Waals surface area contributed by atoms with Crippen LogP contribution in [0.2, 0.25) is 0 Å². The molecule has 8 nitrogen and oxygen atoms in total. The standard InChI is InChI=1S/C29H39N3O5S/c1-20(2)19-37-29(36)32-14-12-31(13-15-32)18-22-9-10-24(25(17-22)23-8-6-5-7-21(23)3)27(33)30-26(28(34)35)11-16-38-4/h5-10,17,20,26H,11-16,18-19H2,1-4H3,(H,30,33)(H,34,35)/t26-/m0/s1. The summed E-state index contributed by atoms with van der Waals surface area (Å²) in [5, 5.41) is 12.3. The highest BCUT2D eigenvalue weighted by Crippen LogP contribution is 2.29. The molecular weight excluding hydrogens is 502 g/mol. The average molecular weight is 542 g/mol. The second kappa shape index (κ2) is 14.2. The highest BCUT2D eigenvalue weighted by molar-refractivity contribution is 7.98. The second-order valence-corrected chi connectivity index (χ2v) is 11.1. The minimum absolute atomic E-state index is 0.257. The number of benzene rings is 2. The SMILES string of the molecule is CSCC[C@H](NC(=O)c1ccc(CN2CCN(C(=O)OCC(C)C)CC2)cc1-c1ccccc1C)C(=O)O. The Morgan fingerprint density at radius 1 is 1.05 bits per heavy atom. The maximum absolute atomic E-state index is 13.3. The number of nitrogens with one attached hydrogen (secondary N) is 1. The van der Waals surface area contributed by atoms with E-state index in [1.165, 1.54) is 0 Å². The molecule has 0 spiro atoms. The predicted octanol–water partition coefficient (Wildman–Crippen LogP) is 4.51. The van der Waals surface area contributed by atoms with E-state index < -0.39 is 17.9 Å². The number of rotatable bonds is 11. The van der Waals surface area contributed by atoms with Crippen LogP contribution in [-0.4, -0.2) is 83.7 Å². The molecule has 0 unspecified atom stereocenters. The summed E-state index contributed by atoms with van der Waals surface area (Å²) < 4.78 is 5.36. The lowest BCUT2D eigenvalue weighted by Crippen LogP contribution is -2.48. The van der Waals surface area contributed by atoms with Crippen LogP contribution in [0.5, 0.6) is 0 Å². The van der Waals surface area contributed by atoms with E-state index in [0.717, 1.165) is 35.3 Å². The Balaban J connectivity index is 1.76. The molecular formula is C29H39N3O5S. The molecule has 2 aromatic carbocycles. The zero-order chi connectivity index (χ0) is 27.7.